The lowest BCUT2D eigenvalue weighted by Crippen LogP contribution is -2.37. The van der Waals surface area contributed by atoms with Gasteiger partial charge in [-0.1, -0.05) is 0 Å². The molecule has 17 heavy (non-hydrogen) atoms. The third kappa shape index (κ3) is 2.88. The van der Waals surface area contributed by atoms with E-state index in [0.717, 1.165) is 32.5 Å². The number of rotatable bonds is 3. The number of hydrogen-bond donors (Lipinski definition) is 1. The Morgan fingerprint density at radius 2 is 2.24 bits per heavy atom. The zero-order valence-corrected chi connectivity index (χ0v) is 10.5. The standard InChI is InChI=1S/C13H20N2O2/c1-10-12(5-8-17-10)13(16)15(2)9-11-3-6-14-7-4-11/h5,8,11,14H,3-4,6-7,9H2,1-2H3. The molecule has 1 aromatic heterocycles. The Bertz CT molecular complexity index is 381. The van der Waals surface area contributed by atoms with Crippen LogP contribution in [0.4, 0.5) is 0 Å². The van der Waals surface area contributed by atoms with Gasteiger partial charge in [0.25, 0.3) is 5.91 Å². The quantitative estimate of drug-likeness (QED) is 0.868. The second-order valence-corrected chi connectivity index (χ2v) is 4.77. The summed E-state index contributed by atoms with van der Waals surface area (Å²) in [5.41, 5.74) is 0.682. The van der Waals surface area contributed by atoms with Crippen LogP contribution >= 0.6 is 0 Å². The molecule has 4 nitrogen and oxygen atoms in total. The number of amides is 1. The summed E-state index contributed by atoms with van der Waals surface area (Å²) in [6, 6.07) is 1.75. The van der Waals surface area contributed by atoms with Crippen molar-refractivity contribution in [3.8, 4) is 0 Å². The highest BCUT2D eigenvalue weighted by Crippen LogP contribution is 2.16. The second-order valence-electron chi connectivity index (χ2n) is 4.77. The van der Waals surface area contributed by atoms with Crippen LogP contribution in [0.3, 0.4) is 0 Å². The predicted octanol–water partition coefficient (Wildman–Crippen LogP) is 1.66. The summed E-state index contributed by atoms with van der Waals surface area (Å²) in [6.45, 7) is 4.80. The first-order valence-corrected chi connectivity index (χ1v) is 6.18. The van der Waals surface area contributed by atoms with E-state index in [1.807, 2.05) is 18.9 Å². The zero-order valence-electron chi connectivity index (χ0n) is 10.5. The van der Waals surface area contributed by atoms with Crippen LogP contribution in [0.5, 0.6) is 0 Å². The van der Waals surface area contributed by atoms with Crippen LogP contribution in [0.25, 0.3) is 0 Å². The first-order valence-electron chi connectivity index (χ1n) is 6.18. The molecule has 1 fully saturated rings. The van der Waals surface area contributed by atoms with Crippen LogP contribution in [-0.4, -0.2) is 37.5 Å². The molecule has 1 saturated heterocycles. The molecule has 0 spiro atoms. The topological polar surface area (TPSA) is 45.5 Å². The van der Waals surface area contributed by atoms with Gasteiger partial charge in [0.1, 0.15) is 5.76 Å². The molecule has 1 aliphatic rings. The van der Waals surface area contributed by atoms with Crippen molar-refractivity contribution in [1.82, 2.24) is 10.2 Å². The van der Waals surface area contributed by atoms with Crippen molar-refractivity contribution in [2.45, 2.75) is 19.8 Å². The number of carbonyl (C=O) groups is 1. The van der Waals surface area contributed by atoms with E-state index in [4.69, 9.17) is 4.42 Å². The Kier molecular flexibility index (Phi) is 3.84. The molecule has 0 bridgehead atoms. The van der Waals surface area contributed by atoms with Crippen LogP contribution in [0.2, 0.25) is 0 Å². The lowest BCUT2D eigenvalue weighted by atomic mass is 9.97. The van der Waals surface area contributed by atoms with Gasteiger partial charge in [0, 0.05) is 13.6 Å². The third-order valence-corrected chi connectivity index (χ3v) is 3.43. The number of nitrogens with zero attached hydrogens (tertiary/aromatic N) is 1. The van der Waals surface area contributed by atoms with Gasteiger partial charge in [-0.2, -0.15) is 0 Å². The Hall–Kier alpha value is -1.29. The van der Waals surface area contributed by atoms with E-state index in [1.54, 1.807) is 12.3 Å². The minimum atomic E-state index is 0.0646. The summed E-state index contributed by atoms with van der Waals surface area (Å²) in [6.07, 6.45) is 3.88. The molecule has 1 N–H and O–H groups in total. The summed E-state index contributed by atoms with van der Waals surface area (Å²) in [7, 11) is 1.87. The number of nitrogens with one attached hydrogen (secondary N) is 1. The van der Waals surface area contributed by atoms with Crippen LogP contribution in [0, 0.1) is 12.8 Å². The van der Waals surface area contributed by atoms with Gasteiger partial charge in [-0.15, -0.1) is 0 Å². The number of carbonyl (C=O) groups excluding carboxylic acids is 1. The average molecular weight is 236 g/mol. The zero-order chi connectivity index (χ0) is 12.3. The van der Waals surface area contributed by atoms with Crippen molar-refractivity contribution in [1.29, 1.82) is 0 Å². The molecule has 94 valence electrons. The van der Waals surface area contributed by atoms with Crippen LogP contribution < -0.4 is 5.32 Å². The maximum atomic E-state index is 12.2. The largest absolute Gasteiger partial charge is 0.469 e. The summed E-state index contributed by atoms with van der Waals surface area (Å²) < 4.78 is 5.17. The SMILES string of the molecule is Cc1occc1C(=O)N(C)CC1CCNCC1. The first-order chi connectivity index (χ1) is 8.18. The molecule has 1 aliphatic heterocycles. The van der Waals surface area contributed by atoms with Gasteiger partial charge in [-0.3, -0.25) is 4.79 Å². The fraction of sp³-hybridized carbons (Fsp3) is 0.615. The molecule has 2 rings (SSSR count). The molecule has 0 saturated carbocycles. The van der Waals surface area contributed by atoms with Gasteiger partial charge in [0.2, 0.25) is 0 Å². The highest BCUT2D eigenvalue weighted by atomic mass is 16.3. The van der Waals surface area contributed by atoms with Crippen LogP contribution in [0.15, 0.2) is 16.7 Å². The van der Waals surface area contributed by atoms with E-state index in [1.165, 1.54) is 0 Å². The normalized spacial score (nSPS) is 17.1. The van der Waals surface area contributed by atoms with Crippen molar-refractivity contribution in [2.75, 3.05) is 26.7 Å². The first kappa shape index (κ1) is 12.2. The molecule has 4 heteroatoms. The fourth-order valence-electron chi connectivity index (χ4n) is 2.35. The van der Waals surface area contributed by atoms with Gasteiger partial charge >= 0.3 is 0 Å². The number of hydrogen-bond acceptors (Lipinski definition) is 3. The Morgan fingerprint density at radius 1 is 1.53 bits per heavy atom. The molecule has 0 radical (unpaired) electrons. The molecule has 0 aliphatic carbocycles. The van der Waals surface area contributed by atoms with Crippen LogP contribution in [-0.2, 0) is 0 Å². The third-order valence-electron chi connectivity index (χ3n) is 3.43. The molecule has 1 amide bonds. The second kappa shape index (κ2) is 5.36. The van der Waals surface area contributed by atoms with Gasteiger partial charge in [0.15, 0.2) is 0 Å². The summed E-state index contributed by atoms with van der Waals surface area (Å²) in [5, 5.41) is 3.34. The summed E-state index contributed by atoms with van der Waals surface area (Å²) in [5.74, 6) is 1.39. The molecule has 1 aromatic rings. The number of aryl methyl sites for hydroxylation is 1. The Labute approximate surface area is 102 Å². The lowest BCUT2D eigenvalue weighted by Gasteiger charge is -2.27. The average Bonchev–Trinajstić information content (AvgIpc) is 2.76. The number of furan rings is 1. The molecular formula is C13H20N2O2. The van der Waals surface area contributed by atoms with Gasteiger partial charge in [0.05, 0.1) is 11.8 Å². The number of piperidine rings is 1. The summed E-state index contributed by atoms with van der Waals surface area (Å²) in [4.78, 5) is 14.0. The molecule has 0 atom stereocenters. The van der Waals surface area contributed by atoms with Crippen molar-refractivity contribution < 1.29 is 9.21 Å². The van der Waals surface area contributed by atoms with Crippen molar-refractivity contribution >= 4 is 5.91 Å². The van der Waals surface area contributed by atoms with Crippen molar-refractivity contribution in [2.24, 2.45) is 5.92 Å². The van der Waals surface area contributed by atoms with Crippen molar-refractivity contribution in [3.63, 3.8) is 0 Å². The van der Waals surface area contributed by atoms with E-state index in [9.17, 15) is 4.79 Å². The van der Waals surface area contributed by atoms with E-state index in [0.29, 0.717) is 17.2 Å². The highest BCUT2D eigenvalue weighted by Gasteiger charge is 2.20. The van der Waals surface area contributed by atoms with E-state index >= 15 is 0 Å². The molecular weight excluding hydrogens is 216 g/mol. The molecule has 2 heterocycles. The minimum absolute atomic E-state index is 0.0646. The van der Waals surface area contributed by atoms with Gasteiger partial charge < -0.3 is 14.6 Å². The fourth-order valence-corrected chi connectivity index (χ4v) is 2.35. The van der Waals surface area contributed by atoms with Crippen LogP contribution in [0.1, 0.15) is 29.0 Å². The van der Waals surface area contributed by atoms with E-state index in [-0.39, 0.29) is 5.91 Å². The smallest absolute Gasteiger partial charge is 0.257 e. The monoisotopic (exact) mass is 236 g/mol. The predicted molar refractivity (Wildman–Crippen MR) is 66.0 cm³/mol. The lowest BCUT2D eigenvalue weighted by molar-refractivity contribution is 0.0761. The molecule has 0 aromatic carbocycles. The van der Waals surface area contributed by atoms with Gasteiger partial charge in [-0.25, -0.2) is 0 Å². The van der Waals surface area contributed by atoms with E-state index in [2.05, 4.69) is 5.32 Å². The van der Waals surface area contributed by atoms with Gasteiger partial charge in [-0.05, 0) is 44.8 Å². The Morgan fingerprint density at radius 3 is 2.82 bits per heavy atom. The molecule has 0 unspecified atom stereocenters. The maximum Gasteiger partial charge on any atom is 0.257 e. The summed E-state index contributed by atoms with van der Waals surface area (Å²) >= 11 is 0. The Balaban J connectivity index is 1.93. The van der Waals surface area contributed by atoms with Crippen molar-refractivity contribution in [3.05, 3.63) is 23.7 Å². The highest BCUT2D eigenvalue weighted by molar-refractivity contribution is 5.94. The maximum absolute atomic E-state index is 12.2. The minimum Gasteiger partial charge on any atom is -0.469 e. The van der Waals surface area contributed by atoms with E-state index < -0.39 is 0 Å².